The van der Waals surface area contributed by atoms with Gasteiger partial charge in [-0.15, -0.1) is 0 Å². The van der Waals surface area contributed by atoms with Crippen molar-refractivity contribution in [3.63, 3.8) is 0 Å². The molecule has 2 rings (SSSR count). The molecule has 0 heterocycles. The number of nitrogens with one attached hydrogen (secondary N) is 2. The number of anilines is 1. The van der Waals surface area contributed by atoms with Crippen LogP contribution in [0.4, 0.5) is 5.69 Å². The zero-order chi connectivity index (χ0) is 19.7. The molecule has 0 bridgehead atoms. The van der Waals surface area contributed by atoms with Crippen LogP contribution in [0.25, 0.3) is 10.8 Å². The normalized spacial score (nSPS) is 12.6. The number of fused-ring (bicyclic) bond motifs is 1. The Bertz CT molecular complexity index is 1200. The Balaban J connectivity index is 2.69. The molecule has 0 aliphatic rings. The van der Waals surface area contributed by atoms with Crippen molar-refractivity contribution in [3.05, 3.63) is 30.3 Å². The maximum Gasteiger partial charge on any atom is 0.295 e. The standard InChI is InChI=1S/C13H11N5O6S2/c14-6-11(13(15)16)18-17-8-1-2-10-7(3-8)4-9(25(19,20)21)5-12(10)26(22,23)24/h1-5,17H,(H3,15,16)(H,19,20,21)(H,22,23,24)/b18-11+. The number of hydrogen-bond donors (Lipinski definition) is 5. The molecule has 0 atom stereocenters. The van der Waals surface area contributed by atoms with Crippen molar-refractivity contribution in [1.82, 2.24) is 0 Å². The third-order valence-corrected chi connectivity index (χ3v) is 4.85. The van der Waals surface area contributed by atoms with Crippen molar-refractivity contribution in [2.24, 2.45) is 10.8 Å². The molecule has 0 aliphatic heterocycles. The molecular weight excluding hydrogens is 386 g/mol. The van der Waals surface area contributed by atoms with E-state index in [4.69, 9.17) is 21.0 Å². The van der Waals surface area contributed by atoms with Crippen molar-refractivity contribution in [1.29, 1.82) is 10.7 Å². The van der Waals surface area contributed by atoms with E-state index in [1.165, 1.54) is 18.2 Å². The summed E-state index contributed by atoms with van der Waals surface area (Å²) in [4.78, 5) is -1.45. The summed E-state index contributed by atoms with van der Waals surface area (Å²) in [5.74, 6) is -0.580. The lowest BCUT2D eigenvalue weighted by Crippen LogP contribution is -2.21. The van der Waals surface area contributed by atoms with Gasteiger partial charge in [0.1, 0.15) is 11.0 Å². The molecule has 26 heavy (non-hydrogen) atoms. The quantitative estimate of drug-likeness (QED) is 0.206. The van der Waals surface area contributed by atoms with E-state index in [-0.39, 0.29) is 16.5 Å². The molecule has 0 radical (unpaired) electrons. The molecule has 0 saturated carbocycles. The van der Waals surface area contributed by atoms with Crippen LogP contribution in [0.1, 0.15) is 0 Å². The van der Waals surface area contributed by atoms with Crippen LogP contribution in [0.5, 0.6) is 0 Å². The summed E-state index contributed by atoms with van der Waals surface area (Å²) in [6.07, 6.45) is 0. The summed E-state index contributed by atoms with van der Waals surface area (Å²) < 4.78 is 64.2. The van der Waals surface area contributed by atoms with Crippen molar-refractivity contribution in [3.8, 4) is 6.07 Å². The molecule has 136 valence electrons. The molecule has 0 unspecified atom stereocenters. The van der Waals surface area contributed by atoms with Crippen molar-refractivity contribution in [2.75, 3.05) is 5.43 Å². The highest BCUT2D eigenvalue weighted by atomic mass is 32.2. The monoisotopic (exact) mass is 397 g/mol. The Morgan fingerprint density at radius 3 is 2.31 bits per heavy atom. The summed E-state index contributed by atoms with van der Waals surface area (Å²) in [6, 6.07) is 7.05. The molecule has 0 aromatic heterocycles. The van der Waals surface area contributed by atoms with Crippen LogP contribution in [0.2, 0.25) is 0 Å². The van der Waals surface area contributed by atoms with Gasteiger partial charge in [0.15, 0.2) is 5.84 Å². The van der Waals surface area contributed by atoms with Crippen molar-refractivity contribution in [2.45, 2.75) is 9.79 Å². The van der Waals surface area contributed by atoms with Crippen LogP contribution in [-0.4, -0.2) is 37.5 Å². The zero-order valence-corrected chi connectivity index (χ0v) is 14.3. The fourth-order valence-electron chi connectivity index (χ4n) is 2.01. The largest absolute Gasteiger partial charge is 0.382 e. The number of nitrogens with two attached hydrogens (primary N) is 1. The molecular formula is C13H11N5O6S2. The number of benzene rings is 2. The number of amidine groups is 1. The van der Waals surface area contributed by atoms with Gasteiger partial charge in [0.2, 0.25) is 5.71 Å². The Morgan fingerprint density at radius 2 is 1.81 bits per heavy atom. The number of nitriles is 1. The zero-order valence-electron chi connectivity index (χ0n) is 12.7. The smallest absolute Gasteiger partial charge is 0.295 e. The Kier molecular flexibility index (Phi) is 4.96. The van der Waals surface area contributed by atoms with E-state index >= 15 is 0 Å². The van der Waals surface area contributed by atoms with Gasteiger partial charge in [-0.25, -0.2) is 0 Å². The third kappa shape index (κ3) is 4.13. The molecule has 0 saturated heterocycles. The predicted molar refractivity (Wildman–Crippen MR) is 92.2 cm³/mol. The van der Waals surface area contributed by atoms with Gasteiger partial charge in [0.05, 0.1) is 10.6 Å². The first-order chi connectivity index (χ1) is 11.9. The minimum absolute atomic E-state index is 0.0125. The topological polar surface area (TPSA) is 207 Å². The molecule has 0 fully saturated rings. The van der Waals surface area contributed by atoms with Gasteiger partial charge >= 0.3 is 0 Å². The highest BCUT2D eigenvalue weighted by Crippen LogP contribution is 2.29. The predicted octanol–water partition coefficient (Wildman–Crippen LogP) is 0.561. The Labute approximate surface area is 147 Å². The first-order valence-electron chi connectivity index (χ1n) is 6.54. The second kappa shape index (κ2) is 6.69. The van der Waals surface area contributed by atoms with E-state index in [1.54, 1.807) is 6.07 Å². The lowest BCUT2D eigenvalue weighted by molar-refractivity contribution is 0.482. The minimum atomic E-state index is -4.78. The molecule has 0 spiro atoms. The molecule has 0 amide bonds. The second-order valence-electron chi connectivity index (χ2n) is 4.91. The average Bonchev–Trinajstić information content (AvgIpc) is 2.52. The molecule has 13 heteroatoms. The van der Waals surface area contributed by atoms with Gasteiger partial charge in [0.25, 0.3) is 20.2 Å². The highest BCUT2D eigenvalue weighted by Gasteiger charge is 2.20. The van der Waals surface area contributed by atoms with E-state index in [0.29, 0.717) is 6.07 Å². The van der Waals surface area contributed by atoms with E-state index in [9.17, 15) is 21.4 Å². The van der Waals surface area contributed by atoms with Crippen LogP contribution in [-0.2, 0) is 20.2 Å². The van der Waals surface area contributed by atoms with Crippen molar-refractivity contribution < 1.29 is 25.9 Å². The summed E-state index contributed by atoms with van der Waals surface area (Å²) in [5, 5.41) is 19.5. The van der Waals surface area contributed by atoms with Crippen LogP contribution in [0, 0.1) is 16.7 Å². The molecule has 2 aromatic rings. The van der Waals surface area contributed by atoms with Crippen LogP contribution >= 0.6 is 0 Å². The van der Waals surface area contributed by atoms with Gasteiger partial charge in [-0.05, 0) is 29.7 Å². The van der Waals surface area contributed by atoms with E-state index in [2.05, 4.69) is 10.5 Å². The maximum atomic E-state index is 11.5. The minimum Gasteiger partial charge on any atom is -0.382 e. The third-order valence-electron chi connectivity index (χ3n) is 3.12. The van der Waals surface area contributed by atoms with Gasteiger partial charge < -0.3 is 5.73 Å². The number of hydrogen-bond acceptors (Lipinski definition) is 8. The average molecular weight is 397 g/mol. The molecule has 0 aliphatic carbocycles. The first-order valence-corrected chi connectivity index (χ1v) is 9.42. The van der Waals surface area contributed by atoms with Crippen molar-refractivity contribution >= 4 is 48.2 Å². The summed E-state index contributed by atoms with van der Waals surface area (Å²) in [6.45, 7) is 0. The fourth-order valence-corrected chi connectivity index (χ4v) is 3.36. The van der Waals surface area contributed by atoms with Crippen LogP contribution in [0.15, 0.2) is 45.2 Å². The lowest BCUT2D eigenvalue weighted by atomic mass is 10.1. The van der Waals surface area contributed by atoms with Gasteiger partial charge in [-0.1, -0.05) is 6.07 Å². The molecule has 2 aromatic carbocycles. The van der Waals surface area contributed by atoms with Crippen LogP contribution in [0.3, 0.4) is 0 Å². The lowest BCUT2D eigenvalue weighted by Gasteiger charge is -2.09. The summed E-state index contributed by atoms with van der Waals surface area (Å²) in [7, 11) is -9.52. The molecule has 6 N–H and O–H groups in total. The van der Waals surface area contributed by atoms with Gasteiger partial charge in [0, 0.05) is 5.39 Å². The Hall–Kier alpha value is -3.05. The van der Waals surface area contributed by atoms with Gasteiger partial charge in [-0.3, -0.25) is 19.9 Å². The van der Waals surface area contributed by atoms with Gasteiger partial charge in [-0.2, -0.15) is 27.2 Å². The number of rotatable bonds is 5. The summed E-state index contributed by atoms with van der Waals surface area (Å²) in [5.41, 5.74) is 7.33. The summed E-state index contributed by atoms with van der Waals surface area (Å²) >= 11 is 0. The fraction of sp³-hybridized carbons (Fsp3) is 0. The first kappa shape index (κ1) is 19.3. The second-order valence-corrected chi connectivity index (χ2v) is 7.72. The number of nitrogens with zero attached hydrogens (tertiary/aromatic N) is 2. The van der Waals surface area contributed by atoms with E-state index in [0.717, 1.165) is 6.07 Å². The Morgan fingerprint density at radius 1 is 1.15 bits per heavy atom. The SMILES string of the molecule is N#C/C(=N\Nc1ccc2c(S(=O)(=O)O)cc(S(=O)(=O)O)cc2c1)C(=N)N. The maximum absolute atomic E-state index is 11.5. The molecule has 11 nitrogen and oxygen atoms in total. The van der Waals surface area contributed by atoms with Crippen LogP contribution < -0.4 is 11.2 Å². The van der Waals surface area contributed by atoms with E-state index in [1.807, 2.05) is 0 Å². The van der Waals surface area contributed by atoms with E-state index < -0.39 is 41.6 Å². The number of hydrazone groups is 1. The highest BCUT2D eigenvalue weighted by molar-refractivity contribution is 7.86.